The van der Waals surface area contributed by atoms with E-state index in [4.69, 9.17) is 0 Å². The lowest BCUT2D eigenvalue weighted by Crippen LogP contribution is -2.16. The van der Waals surface area contributed by atoms with Gasteiger partial charge in [-0.05, 0) is 61.8 Å². The fourth-order valence-corrected chi connectivity index (χ4v) is 4.42. The minimum absolute atomic E-state index is 0.0583. The van der Waals surface area contributed by atoms with Crippen LogP contribution in [0.1, 0.15) is 75.3 Å². The van der Waals surface area contributed by atoms with Crippen LogP contribution in [0.15, 0.2) is 12.1 Å². The number of Topliss-reactive ketones (excluding diaryl/α,β-unsaturated/α-hetero) is 2. The van der Waals surface area contributed by atoms with Crippen molar-refractivity contribution in [3.8, 4) is 11.5 Å². The second-order valence-corrected chi connectivity index (χ2v) is 8.04. The van der Waals surface area contributed by atoms with Gasteiger partial charge in [0.1, 0.15) is 23.1 Å². The Bertz CT molecular complexity index is 607. The Morgan fingerprint density at radius 2 is 1.12 bits per heavy atom. The summed E-state index contributed by atoms with van der Waals surface area (Å²) in [6, 6.07) is 3.20. The number of rotatable bonds is 4. The molecule has 2 fully saturated rings. The molecule has 0 bridgehead atoms. The maximum absolute atomic E-state index is 12.2. The summed E-state index contributed by atoms with van der Waals surface area (Å²) >= 11 is 0. The van der Waals surface area contributed by atoms with Gasteiger partial charge in [0.15, 0.2) is 0 Å². The summed E-state index contributed by atoms with van der Waals surface area (Å²) in [6.45, 7) is 0. The molecule has 0 radical (unpaired) electrons. The average Bonchev–Trinajstić information content (AvgIpc) is 2.93. The van der Waals surface area contributed by atoms with Crippen molar-refractivity contribution in [2.24, 2.45) is 11.8 Å². The maximum atomic E-state index is 12.2. The molecule has 2 atom stereocenters. The van der Waals surface area contributed by atoms with E-state index < -0.39 is 0 Å². The molecular weight excluding hydrogens is 328 g/mol. The van der Waals surface area contributed by atoms with Gasteiger partial charge in [-0.15, -0.1) is 0 Å². The van der Waals surface area contributed by atoms with E-state index in [2.05, 4.69) is 0 Å². The SMILES string of the molecule is O=C1CCCCC[C@H]1Cc1cc(O)c(C[C@@H]2CCCCCC2=O)cc1O. The van der Waals surface area contributed by atoms with E-state index in [0.717, 1.165) is 51.4 Å². The van der Waals surface area contributed by atoms with Crippen molar-refractivity contribution in [3.63, 3.8) is 0 Å². The number of ketones is 2. The number of hydrogen-bond donors (Lipinski definition) is 2. The van der Waals surface area contributed by atoms with Crippen molar-refractivity contribution in [2.75, 3.05) is 0 Å². The Kier molecular flexibility index (Phi) is 6.33. The summed E-state index contributed by atoms with van der Waals surface area (Å²) < 4.78 is 0. The van der Waals surface area contributed by atoms with Crippen molar-refractivity contribution < 1.29 is 19.8 Å². The topological polar surface area (TPSA) is 74.6 Å². The van der Waals surface area contributed by atoms with Gasteiger partial charge in [-0.25, -0.2) is 0 Å². The first-order valence-electron chi connectivity index (χ1n) is 10.1. The van der Waals surface area contributed by atoms with E-state index in [1.54, 1.807) is 12.1 Å². The Morgan fingerprint density at radius 3 is 1.54 bits per heavy atom. The standard InChI is InChI=1S/C22H30O4/c23-19-9-5-1-3-7-15(19)11-17-13-22(26)18(14-21(17)25)12-16-8-4-2-6-10-20(16)24/h13-16,25-26H,1-12H2/t15-,16-/m0/s1. The highest BCUT2D eigenvalue weighted by molar-refractivity contribution is 5.82. The summed E-state index contributed by atoms with van der Waals surface area (Å²) in [6.07, 6.45) is 10.1. The highest BCUT2D eigenvalue weighted by atomic mass is 16.3. The monoisotopic (exact) mass is 358 g/mol. The number of carbonyl (C=O) groups is 2. The third-order valence-electron chi connectivity index (χ3n) is 6.07. The van der Waals surface area contributed by atoms with Gasteiger partial charge in [-0.3, -0.25) is 9.59 Å². The maximum Gasteiger partial charge on any atom is 0.136 e. The van der Waals surface area contributed by atoms with E-state index in [0.29, 0.717) is 36.8 Å². The fraction of sp³-hybridized carbons (Fsp3) is 0.636. The molecule has 26 heavy (non-hydrogen) atoms. The first kappa shape index (κ1) is 18.9. The van der Waals surface area contributed by atoms with Crippen molar-refractivity contribution >= 4 is 11.6 Å². The molecule has 1 aromatic rings. The predicted molar refractivity (Wildman–Crippen MR) is 100 cm³/mol. The average molecular weight is 358 g/mol. The van der Waals surface area contributed by atoms with E-state index >= 15 is 0 Å². The van der Waals surface area contributed by atoms with Crippen LogP contribution in [0.2, 0.25) is 0 Å². The van der Waals surface area contributed by atoms with Gasteiger partial charge < -0.3 is 10.2 Å². The molecule has 0 aliphatic heterocycles. The number of hydrogen-bond acceptors (Lipinski definition) is 4. The Morgan fingerprint density at radius 1 is 0.692 bits per heavy atom. The molecule has 2 saturated carbocycles. The Labute approximate surface area is 155 Å². The predicted octanol–water partition coefficient (Wildman–Crippen LogP) is 4.48. The molecule has 0 amide bonds. The molecule has 1 aromatic carbocycles. The minimum atomic E-state index is -0.0583. The van der Waals surface area contributed by atoms with E-state index in [9.17, 15) is 19.8 Å². The van der Waals surface area contributed by atoms with E-state index in [1.807, 2.05) is 0 Å². The van der Waals surface area contributed by atoms with Gasteiger partial charge in [0, 0.05) is 24.7 Å². The number of phenols is 2. The van der Waals surface area contributed by atoms with Crippen molar-refractivity contribution in [2.45, 2.75) is 77.0 Å². The van der Waals surface area contributed by atoms with Crippen LogP contribution in [0.25, 0.3) is 0 Å². The van der Waals surface area contributed by atoms with Gasteiger partial charge in [0.2, 0.25) is 0 Å². The fourth-order valence-electron chi connectivity index (χ4n) is 4.42. The third-order valence-corrected chi connectivity index (χ3v) is 6.07. The van der Waals surface area contributed by atoms with Crippen LogP contribution in [-0.2, 0) is 22.4 Å². The molecule has 4 heteroatoms. The summed E-state index contributed by atoms with van der Waals surface area (Å²) in [7, 11) is 0. The summed E-state index contributed by atoms with van der Waals surface area (Å²) in [5, 5.41) is 20.9. The molecular formula is C22H30O4. The summed E-state index contributed by atoms with van der Waals surface area (Å²) in [5.74, 6) is 0.699. The first-order chi connectivity index (χ1) is 12.5. The molecule has 0 heterocycles. The number of phenolic OH excluding ortho intramolecular Hbond substituents is 2. The molecule has 0 saturated heterocycles. The highest BCUT2D eigenvalue weighted by Crippen LogP contribution is 2.34. The number of benzene rings is 1. The van der Waals surface area contributed by atoms with Gasteiger partial charge >= 0.3 is 0 Å². The number of aromatic hydroxyl groups is 2. The summed E-state index contributed by atoms with van der Waals surface area (Å²) in [4.78, 5) is 24.5. The normalized spacial score (nSPS) is 24.9. The lowest BCUT2D eigenvalue weighted by molar-refractivity contribution is -0.123. The zero-order valence-electron chi connectivity index (χ0n) is 15.5. The largest absolute Gasteiger partial charge is 0.508 e. The molecule has 142 valence electrons. The molecule has 2 N–H and O–H groups in total. The van der Waals surface area contributed by atoms with Crippen LogP contribution < -0.4 is 0 Å². The molecule has 3 rings (SSSR count). The smallest absolute Gasteiger partial charge is 0.136 e. The second kappa shape index (κ2) is 8.70. The van der Waals surface area contributed by atoms with Gasteiger partial charge in [0.05, 0.1) is 0 Å². The van der Waals surface area contributed by atoms with Crippen LogP contribution in [0, 0.1) is 11.8 Å². The molecule has 0 spiro atoms. The van der Waals surface area contributed by atoms with E-state index in [1.165, 1.54) is 0 Å². The van der Waals surface area contributed by atoms with E-state index in [-0.39, 0.29) is 34.9 Å². The minimum Gasteiger partial charge on any atom is -0.508 e. The second-order valence-electron chi connectivity index (χ2n) is 8.04. The van der Waals surface area contributed by atoms with Crippen molar-refractivity contribution in [3.05, 3.63) is 23.3 Å². The molecule has 2 aliphatic rings. The molecule has 2 aliphatic carbocycles. The van der Waals surface area contributed by atoms with Gasteiger partial charge in [-0.2, -0.15) is 0 Å². The number of carbonyl (C=O) groups excluding carboxylic acids is 2. The third kappa shape index (κ3) is 4.66. The van der Waals surface area contributed by atoms with Gasteiger partial charge in [-0.1, -0.05) is 25.7 Å². The molecule has 4 nitrogen and oxygen atoms in total. The summed E-state index contributed by atoms with van der Waals surface area (Å²) in [5.41, 5.74) is 1.28. The van der Waals surface area contributed by atoms with Crippen molar-refractivity contribution in [1.29, 1.82) is 0 Å². The molecule has 0 aromatic heterocycles. The van der Waals surface area contributed by atoms with Crippen LogP contribution >= 0.6 is 0 Å². The highest BCUT2D eigenvalue weighted by Gasteiger charge is 2.25. The lowest BCUT2D eigenvalue weighted by atomic mass is 9.88. The van der Waals surface area contributed by atoms with Crippen LogP contribution in [0.4, 0.5) is 0 Å². The van der Waals surface area contributed by atoms with Crippen LogP contribution in [-0.4, -0.2) is 21.8 Å². The zero-order valence-corrected chi connectivity index (χ0v) is 15.5. The van der Waals surface area contributed by atoms with Crippen LogP contribution in [0.3, 0.4) is 0 Å². The van der Waals surface area contributed by atoms with Crippen molar-refractivity contribution in [1.82, 2.24) is 0 Å². The lowest BCUT2D eigenvalue weighted by Gasteiger charge is -2.17. The quantitative estimate of drug-likeness (QED) is 0.615. The van der Waals surface area contributed by atoms with Gasteiger partial charge in [0.25, 0.3) is 0 Å². The first-order valence-corrected chi connectivity index (χ1v) is 10.1. The zero-order chi connectivity index (χ0) is 18.5. The Hall–Kier alpha value is -1.84. The van der Waals surface area contributed by atoms with Crippen LogP contribution in [0.5, 0.6) is 11.5 Å². The molecule has 0 unspecified atom stereocenters. The Balaban J connectivity index is 1.73.